The van der Waals surface area contributed by atoms with Gasteiger partial charge in [0.2, 0.25) is 0 Å². The summed E-state index contributed by atoms with van der Waals surface area (Å²) in [6.07, 6.45) is 2.94. The van der Waals surface area contributed by atoms with Crippen LogP contribution in [0.15, 0.2) is 6.07 Å². The van der Waals surface area contributed by atoms with Gasteiger partial charge in [0.1, 0.15) is 0 Å². The van der Waals surface area contributed by atoms with E-state index >= 15 is 0 Å². The first-order valence-electron chi connectivity index (χ1n) is 7.62. The molecule has 1 aromatic heterocycles. The number of nitrogens with zero attached hydrogens (tertiary/aromatic N) is 2. The predicted molar refractivity (Wildman–Crippen MR) is 79.8 cm³/mol. The largest absolute Gasteiger partial charge is 0.376 e. The summed E-state index contributed by atoms with van der Waals surface area (Å²) in [4.78, 5) is 5.96. The fourth-order valence-electron chi connectivity index (χ4n) is 2.52. The van der Waals surface area contributed by atoms with Crippen LogP contribution in [-0.2, 0) is 4.74 Å². The molecule has 1 N–H and O–H groups in total. The molecular formula is C15H23F2N3O. The number of hydrogen-bond donors (Lipinski definition) is 1. The molecule has 0 spiro atoms. The molecule has 6 heteroatoms. The van der Waals surface area contributed by atoms with Gasteiger partial charge in [0, 0.05) is 32.3 Å². The van der Waals surface area contributed by atoms with E-state index in [9.17, 15) is 8.78 Å². The van der Waals surface area contributed by atoms with Crippen LogP contribution in [0.1, 0.15) is 33.1 Å². The van der Waals surface area contributed by atoms with Crippen molar-refractivity contribution in [3.63, 3.8) is 0 Å². The minimum Gasteiger partial charge on any atom is -0.376 e. The standard InChI is InChI=1S/C15H23F2N3O/c1-3-8-21-11-6-5-7-20(10-11)15-13(17)9-12(16)14(19-15)18-4-2/h9,11H,3-8,10H2,1-2H3,(H,18,19). The van der Waals surface area contributed by atoms with Crippen LogP contribution >= 0.6 is 0 Å². The Morgan fingerprint density at radius 3 is 2.90 bits per heavy atom. The molecule has 4 nitrogen and oxygen atoms in total. The average Bonchev–Trinajstić information content (AvgIpc) is 2.48. The molecule has 0 bridgehead atoms. The minimum absolute atomic E-state index is 0.0903. The van der Waals surface area contributed by atoms with Crippen molar-refractivity contribution in [3.05, 3.63) is 17.7 Å². The average molecular weight is 299 g/mol. The molecule has 0 saturated carbocycles. The second kappa shape index (κ2) is 7.54. The van der Waals surface area contributed by atoms with Crippen LogP contribution in [-0.4, -0.2) is 37.3 Å². The van der Waals surface area contributed by atoms with Gasteiger partial charge in [-0.1, -0.05) is 6.92 Å². The maximum atomic E-state index is 14.0. The van der Waals surface area contributed by atoms with Crippen molar-refractivity contribution in [3.8, 4) is 0 Å². The highest BCUT2D eigenvalue weighted by Crippen LogP contribution is 2.25. The maximum Gasteiger partial charge on any atom is 0.168 e. The molecule has 0 radical (unpaired) electrons. The third-order valence-corrected chi connectivity index (χ3v) is 3.49. The smallest absolute Gasteiger partial charge is 0.168 e. The van der Waals surface area contributed by atoms with Gasteiger partial charge in [-0.25, -0.2) is 13.8 Å². The highest BCUT2D eigenvalue weighted by Gasteiger charge is 2.24. The summed E-state index contributed by atoms with van der Waals surface area (Å²) >= 11 is 0. The lowest BCUT2D eigenvalue weighted by atomic mass is 10.1. The second-order valence-electron chi connectivity index (χ2n) is 5.24. The first-order chi connectivity index (χ1) is 10.2. The van der Waals surface area contributed by atoms with E-state index in [2.05, 4.69) is 17.2 Å². The number of halogens is 2. The van der Waals surface area contributed by atoms with E-state index in [-0.39, 0.29) is 17.7 Å². The first kappa shape index (κ1) is 15.9. The summed E-state index contributed by atoms with van der Waals surface area (Å²) in [6, 6.07) is 0.900. The Bertz CT molecular complexity index is 470. The normalized spacial score (nSPS) is 18.9. The quantitative estimate of drug-likeness (QED) is 0.875. The van der Waals surface area contributed by atoms with Crippen molar-refractivity contribution in [2.24, 2.45) is 0 Å². The van der Waals surface area contributed by atoms with Crippen LogP contribution < -0.4 is 10.2 Å². The van der Waals surface area contributed by atoms with Gasteiger partial charge in [-0.15, -0.1) is 0 Å². The van der Waals surface area contributed by atoms with Crippen molar-refractivity contribution in [1.82, 2.24) is 4.98 Å². The number of ether oxygens (including phenoxy) is 1. The van der Waals surface area contributed by atoms with E-state index in [1.54, 1.807) is 0 Å². The molecule has 1 fully saturated rings. The summed E-state index contributed by atoms with van der Waals surface area (Å²) in [5.74, 6) is -0.971. The number of rotatable bonds is 6. The fourth-order valence-corrected chi connectivity index (χ4v) is 2.52. The van der Waals surface area contributed by atoms with E-state index in [1.807, 2.05) is 11.8 Å². The fraction of sp³-hybridized carbons (Fsp3) is 0.667. The highest BCUT2D eigenvalue weighted by atomic mass is 19.1. The Labute approximate surface area is 124 Å². The van der Waals surface area contributed by atoms with Crippen LogP contribution in [0.4, 0.5) is 20.4 Å². The molecule has 1 aliphatic rings. The van der Waals surface area contributed by atoms with Crippen molar-refractivity contribution in [2.75, 3.05) is 36.5 Å². The number of aromatic nitrogens is 1. The van der Waals surface area contributed by atoms with Crippen LogP contribution in [0.25, 0.3) is 0 Å². The Hall–Kier alpha value is -1.43. The summed E-state index contributed by atoms with van der Waals surface area (Å²) in [5, 5.41) is 2.82. The number of hydrogen-bond acceptors (Lipinski definition) is 4. The molecule has 1 aliphatic heterocycles. The SMILES string of the molecule is CCCOC1CCCN(c2nc(NCC)c(F)cc2F)C1. The van der Waals surface area contributed by atoms with Gasteiger partial charge in [-0.2, -0.15) is 0 Å². The Balaban J connectivity index is 2.14. The lowest BCUT2D eigenvalue weighted by Gasteiger charge is -2.33. The van der Waals surface area contributed by atoms with Crippen molar-refractivity contribution in [1.29, 1.82) is 0 Å². The second-order valence-corrected chi connectivity index (χ2v) is 5.24. The zero-order chi connectivity index (χ0) is 15.2. The van der Waals surface area contributed by atoms with Crippen molar-refractivity contribution in [2.45, 2.75) is 39.2 Å². The van der Waals surface area contributed by atoms with E-state index in [0.717, 1.165) is 25.3 Å². The molecular weight excluding hydrogens is 276 g/mol. The summed E-state index contributed by atoms with van der Waals surface area (Å²) in [7, 11) is 0. The number of nitrogens with one attached hydrogen (secondary N) is 1. The molecule has 118 valence electrons. The molecule has 21 heavy (non-hydrogen) atoms. The van der Waals surface area contributed by atoms with Crippen LogP contribution in [0.5, 0.6) is 0 Å². The third-order valence-electron chi connectivity index (χ3n) is 3.49. The summed E-state index contributed by atoms with van der Waals surface area (Å²) in [5.41, 5.74) is 0. The molecule has 1 aromatic rings. The summed E-state index contributed by atoms with van der Waals surface area (Å²) in [6.45, 7) is 6.47. The minimum atomic E-state index is -0.658. The zero-order valence-corrected chi connectivity index (χ0v) is 12.7. The maximum absolute atomic E-state index is 14.0. The van der Waals surface area contributed by atoms with E-state index in [4.69, 9.17) is 4.74 Å². The van der Waals surface area contributed by atoms with Gasteiger partial charge in [0.15, 0.2) is 23.3 Å². The summed E-state index contributed by atoms with van der Waals surface area (Å²) < 4.78 is 33.4. The topological polar surface area (TPSA) is 37.4 Å². The number of pyridine rings is 1. The molecule has 1 atom stereocenters. The van der Waals surface area contributed by atoms with E-state index in [0.29, 0.717) is 26.2 Å². The van der Waals surface area contributed by atoms with E-state index in [1.165, 1.54) is 0 Å². The zero-order valence-electron chi connectivity index (χ0n) is 12.7. The van der Waals surface area contributed by atoms with Gasteiger partial charge in [0.25, 0.3) is 0 Å². The molecule has 2 rings (SSSR count). The molecule has 0 aromatic carbocycles. The Kier molecular flexibility index (Phi) is 5.73. The van der Waals surface area contributed by atoms with Crippen molar-refractivity contribution >= 4 is 11.6 Å². The van der Waals surface area contributed by atoms with Gasteiger partial charge in [-0.05, 0) is 26.2 Å². The Morgan fingerprint density at radius 1 is 1.38 bits per heavy atom. The van der Waals surface area contributed by atoms with Crippen LogP contribution in [0.2, 0.25) is 0 Å². The molecule has 0 aliphatic carbocycles. The van der Waals surface area contributed by atoms with E-state index < -0.39 is 11.6 Å². The molecule has 2 heterocycles. The van der Waals surface area contributed by atoms with Crippen LogP contribution in [0, 0.1) is 11.6 Å². The van der Waals surface area contributed by atoms with Gasteiger partial charge >= 0.3 is 0 Å². The first-order valence-corrected chi connectivity index (χ1v) is 7.62. The van der Waals surface area contributed by atoms with Gasteiger partial charge in [0.05, 0.1) is 6.10 Å². The van der Waals surface area contributed by atoms with Gasteiger partial charge in [-0.3, -0.25) is 0 Å². The monoisotopic (exact) mass is 299 g/mol. The lowest BCUT2D eigenvalue weighted by Crippen LogP contribution is -2.40. The van der Waals surface area contributed by atoms with Crippen molar-refractivity contribution < 1.29 is 13.5 Å². The highest BCUT2D eigenvalue weighted by molar-refractivity contribution is 5.49. The number of piperidine rings is 1. The number of anilines is 2. The van der Waals surface area contributed by atoms with Crippen LogP contribution in [0.3, 0.4) is 0 Å². The molecule has 1 saturated heterocycles. The third kappa shape index (κ3) is 4.03. The predicted octanol–water partition coefficient (Wildman–Crippen LogP) is 3.19. The molecule has 0 amide bonds. The Morgan fingerprint density at radius 2 is 2.19 bits per heavy atom. The van der Waals surface area contributed by atoms with Gasteiger partial charge < -0.3 is 15.0 Å². The molecule has 1 unspecified atom stereocenters. The lowest BCUT2D eigenvalue weighted by molar-refractivity contribution is 0.0438.